The highest BCUT2D eigenvalue weighted by atomic mass is 16.1. The van der Waals surface area contributed by atoms with E-state index in [1.807, 2.05) is 0 Å². The minimum atomic E-state index is -0.222. The van der Waals surface area contributed by atoms with E-state index in [0.717, 1.165) is 32.2 Å². The molecule has 0 bridgehead atoms. The van der Waals surface area contributed by atoms with Gasteiger partial charge in [0, 0.05) is 30.4 Å². The molecule has 4 heteroatoms. The zero-order valence-corrected chi connectivity index (χ0v) is 10.4. The summed E-state index contributed by atoms with van der Waals surface area (Å²) < 4.78 is 2.30. The molecule has 1 atom stereocenters. The Hall–Kier alpha value is -1.29. The number of aryl methyl sites for hydroxylation is 1. The molecule has 94 valence electrons. The molecular formula is C13H21N3O. The highest BCUT2D eigenvalue weighted by molar-refractivity contribution is 5.73. The summed E-state index contributed by atoms with van der Waals surface area (Å²) in [6.07, 6.45) is 4.61. The van der Waals surface area contributed by atoms with Crippen molar-refractivity contribution in [1.82, 2.24) is 4.57 Å². The lowest BCUT2D eigenvalue weighted by Crippen LogP contribution is -2.19. The molecule has 0 fully saturated rings. The Labute approximate surface area is 102 Å². The number of carbonyl (C=O) groups is 1. The number of hydrogen-bond donors (Lipinski definition) is 2. The standard InChI is InChI=1S/C13H21N3O/c1-9-8-10-11(14)4-2-5-12(10)16(9)7-3-6-13(15)17/h8,11H,2-7,14H2,1H3,(H2,15,17). The third-order valence-electron chi connectivity index (χ3n) is 3.58. The Morgan fingerprint density at radius 2 is 2.35 bits per heavy atom. The van der Waals surface area contributed by atoms with Crippen LogP contribution in [0.5, 0.6) is 0 Å². The van der Waals surface area contributed by atoms with Gasteiger partial charge in [-0.3, -0.25) is 4.79 Å². The average molecular weight is 235 g/mol. The van der Waals surface area contributed by atoms with Crippen molar-refractivity contribution < 1.29 is 4.79 Å². The lowest BCUT2D eigenvalue weighted by Gasteiger charge is -2.21. The zero-order chi connectivity index (χ0) is 12.4. The maximum absolute atomic E-state index is 10.7. The van der Waals surface area contributed by atoms with Gasteiger partial charge in [0.1, 0.15) is 0 Å². The van der Waals surface area contributed by atoms with Crippen LogP contribution in [0, 0.1) is 6.92 Å². The third-order valence-corrected chi connectivity index (χ3v) is 3.58. The second-order valence-electron chi connectivity index (χ2n) is 4.91. The van der Waals surface area contributed by atoms with Crippen molar-refractivity contribution >= 4 is 5.91 Å². The van der Waals surface area contributed by atoms with Gasteiger partial charge < -0.3 is 16.0 Å². The number of amides is 1. The van der Waals surface area contributed by atoms with Gasteiger partial charge in [0.15, 0.2) is 0 Å². The number of nitrogens with two attached hydrogens (primary N) is 2. The summed E-state index contributed by atoms with van der Waals surface area (Å²) >= 11 is 0. The zero-order valence-electron chi connectivity index (χ0n) is 10.4. The van der Waals surface area contributed by atoms with E-state index in [4.69, 9.17) is 11.5 Å². The predicted octanol–water partition coefficient (Wildman–Crippen LogP) is 1.40. The van der Waals surface area contributed by atoms with Gasteiger partial charge >= 0.3 is 0 Å². The number of rotatable bonds is 4. The Balaban J connectivity index is 2.14. The fourth-order valence-electron chi connectivity index (χ4n) is 2.72. The molecule has 1 aliphatic rings. The summed E-state index contributed by atoms with van der Waals surface area (Å²) in [7, 11) is 0. The van der Waals surface area contributed by atoms with Crippen molar-refractivity contribution in [2.45, 2.75) is 51.6 Å². The molecule has 0 aliphatic heterocycles. The van der Waals surface area contributed by atoms with E-state index in [-0.39, 0.29) is 11.9 Å². The molecule has 1 aromatic rings. The van der Waals surface area contributed by atoms with Crippen molar-refractivity contribution in [2.75, 3.05) is 0 Å². The summed E-state index contributed by atoms with van der Waals surface area (Å²) in [4.78, 5) is 10.7. The van der Waals surface area contributed by atoms with Crippen LogP contribution in [0.25, 0.3) is 0 Å². The number of nitrogens with zero attached hydrogens (tertiary/aromatic N) is 1. The highest BCUT2D eigenvalue weighted by Crippen LogP contribution is 2.30. The summed E-state index contributed by atoms with van der Waals surface area (Å²) in [5, 5.41) is 0. The Bertz CT molecular complexity index is 423. The molecule has 4 N–H and O–H groups in total. The first-order valence-corrected chi connectivity index (χ1v) is 6.32. The molecule has 0 saturated heterocycles. The first-order valence-electron chi connectivity index (χ1n) is 6.32. The minimum Gasteiger partial charge on any atom is -0.370 e. The third kappa shape index (κ3) is 2.52. The van der Waals surface area contributed by atoms with Crippen molar-refractivity contribution in [3.8, 4) is 0 Å². The van der Waals surface area contributed by atoms with Crippen LogP contribution >= 0.6 is 0 Å². The van der Waals surface area contributed by atoms with Crippen LogP contribution in [0.2, 0.25) is 0 Å². The maximum Gasteiger partial charge on any atom is 0.217 e. The van der Waals surface area contributed by atoms with Crippen molar-refractivity contribution in [3.63, 3.8) is 0 Å². The van der Waals surface area contributed by atoms with Gasteiger partial charge in [-0.05, 0) is 44.2 Å². The van der Waals surface area contributed by atoms with Gasteiger partial charge in [0.2, 0.25) is 5.91 Å². The van der Waals surface area contributed by atoms with Crippen LogP contribution in [0.1, 0.15) is 48.7 Å². The summed E-state index contributed by atoms with van der Waals surface area (Å²) in [6, 6.07) is 2.39. The van der Waals surface area contributed by atoms with Gasteiger partial charge in [0.25, 0.3) is 0 Å². The van der Waals surface area contributed by atoms with Gasteiger partial charge in [-0.25, -0.2) is 0 Å². The van der Waals surface area contributed by atoms with Gasteiger partial charge in [-0.15, -0.1) is 0 Å². The summed E-state index contributed by atoms with van der Waals surface area (Å²) in [6.45, 7) is 2.98. The molecule has 1 unspecified atom stereocenters. The molecular weight excluding hydrogens is 214 g/mol. The first-order chi connectivity index (χ1) is 8.09. The smallest absolute Gasteiger partial charge is 0.217 e. The van der Waals surface area contributed by atoms with Crippen molar-refractivity contribution in [2.24, 2.45) is 11.5 Å². The highest BCUT2D eigenvalue weighted by Gasteiger charge is 2.21. The van der Waals surface area contributed by atoms with E-state index in [1.165, 1.54) is 17.0 Å². The first kappa shape index (κ1) is 12.2. The summed E-state index contributed by atoms with van der Waals surface area (Å²) in [5.74, 6) is -0.222. The van der Waals surface area contributed by atoms with Crippen molar-refractivity contribution in [1.29, 1.82) is 0 Å². The van der Waals surface area contributed by atoms with Crippen LogP contribution in [0.15, 0.2) is 6.07 Å². The van der Waals surface area contributed by atoms with Gasteiger partial charge in [0.05, 0.1) is 0 Å². The molecule has 0 spiro atoms. The summed E-state index contributed by atoms with van der Waals surface area (Å²) in [5.41, 5.74) is 15.2. The Morgan fingerprint density at radius 1 is 1.59 bits per heavy atom. The minimum absolute atomic E-state index is 0.190. The lowest BCUT2D eigenvalue weighted by atomic mass is 9.93. The van der Waals surface area contributed by atoms with Crippen LogP contribution in [0.3, 0.4) is 0 Å². The van der Waals surface area contributed by atoms with E-state index >= 15 is 0 Å². The van der Waals surface area contributed by atoms with Crippen LogP contribution < -0.4 is 11.5 Å². The molecule has 2 rings (SSSR count). The van der Waals surface area contributed by atoms with Gasteiger partial charge in [-0.1, -0.05) is 0 Å². The second kappa shape index (κ2) is 4.92. The molecule has 1 aromatic heterocycles. The number of fused-ring (bicyclic) bond motifs is 1. The molecule has 4 nitrogen and oxygen atoms in total. The molecule has 1 aliphatic carbocycles. The van der Waals surface area contributed by atoms with E-state index < -0.39 is 0 Å². The van der Waals surface area contributed by atoms with E-state index in [2.05, 4.69) is 17.6 Å². The molecule has 0 radical (unpaired) electrons. The Kier molecular flexibility index (Phi) is 3.52. The SMILES string of the molecule is Cc1cc2c(n1CCCC(N)=O)CCCC2N. The largest absolute Gasteiger partial charge is 0.370 e. The maximum atomic E-state index is 10.7. The molecule has 1 heterocycles. The van der Waals surface area contributed by atoms with Crippen LogP contribution in [-0.2, 0) is 17.8 Å². The van der Waals surface area contributed by atoms with Crippen molar-refractivity contribution in [3.05, 3.63) is 23.0 Å². The molecule has 0 aromatic carbocycles. The van der Waals surface area contributed by atoms with E-state index in [1.54, 1.807) is 0 Å². The number of primary amides is 1. The quantitative estimate of drug-likeness (QED) is 0.827. The number of aromatic nitrogens is 1. The number of hydrogen-bond acceptors (Lipinski definition) is 2. The van der Waals surface area contributed by atoms with Crippen LogP contribution in [0.4, 0.5) is 0 Å². The Morgan fingerprint density at radius 3 is 3.06 bits per heavy atom. The molecule has 1 amide bonds. The van der Waals surface area contributed by atoms with Gasteiger partial charge in [-0.2, -0.15) is 0 Å². The molecule has 0 saturated carbocycles. The fourth-order valence-corrected chi connectivity index (χ4v) is 2.72. The van der Waals surface area contributed by atoms with E-state index in [0.29, 0.717) is 6.42 Å². The monoisotopic (exact) mass is 235 g/mol. The normalized spacial score (nSPS) is 19.1. The van der Waals surface area contributed by atoms with E-state index in [9.17, 15) is 4.79 Å². The predicted molar refractivity (Wildman–Crippen MR) is 67.5 cm³/mol. The topological polar surface area (TPSA) is 74.0 Å². The lowest BCUT2D eigenvalue weighted by molar-refractivity contribution is -0.118. The average Bonchev–Trinajstić information content (AvgIpc) is 2.57. The number of carbonyl (C=O) groups excluding carboxylic acids is 1. The molecule has 17 heavy (non-hydrogen) atoms. The van der Waals surface area contributed by atoms with Crippen LogP contribution in [-0.4, -0.2) is 10.5 Å². The second-order valence-corrected chi connectivity index (χ2v) is 4.91. The fraction of sp³-hybridized carbons (Fsp3) is 0.615.